The van der Waals surface area contributed by atoms with Crippen molar-refractivity contribution >= 4 is 21.6 Å². The Kier molecular flexibility index (Phi) is 3.58. The molecule has 0 radical (unpaired) electrons. The average molecular weight is 300 g/mol. The molecule has 1 unspecified atom stereocenters. The van der Waals surface area contributed by atoms with Crippen molar-refractivity contribution in [2.24, 2.45) is 5.92 Å². The van der Waals surface area contributed by atoms with Crippen LogP contribution >= 0.6 is 11.6 Å². The Morgan fingerprint density at radius 3 is 2.53 bits per heavy atom. The topological polar surface area (TPSA) is 46.2 Å². The summed E-state index contributed by atoms with van der Waals surface area (Å²) in [6, 6.07) is 7.33. The Balaban J connectivity index is 1.83. The first-order chi connectivity index (χ1) is 9.06. The zero-order chi connectivity index (χ0) is 13.5. The maximum Gasteiger partial charge on any atom is 0.241 e. The van der Waals surface area contributed by atoms with Crippen LogP contribution in [0, 0.1) is 5.92 Å². The summed E-state index contributed by atoms with van der Waals surface area (Å²) in [5, 5.41) is 0.0530. The molecule has 1 aromatic carbocycles. The van der Waals surface area contributed by atoms with E-state index in [9.17, 15) is 8.42 Å². The molecule has 1 N–H and O–H groups in total. The molecule has 0 spiro atoms. The van der Waals surface area contributed by atoms with Gasteiger partial charge < -0.3 is 0 Å². The molecule has 3 rings (SSSR count). The highest BCUT2D eigenvalue weighted by atomic mass is 35.5. The summed E-state index contributed by atoms with van der Waals surface area (Å²) in [6.07, 6.45) is 4.87. The highest BCUT2D eigenvalue weighted by Gasteiger charge is 2.32. The van der Waals surface area contributed by atoms with Crippen molar-refractivity contribution in [2.45, 2.75) is 48.4 Å². The summed E-state index contributed by atoms with van der Waals surface area (Å²) in [7, 11) is -3.39. The molecule has 0 bridgehead atoms. The molecule has 1 atom stereocenters. The van der Waals surface area contributed by atoms with E-state index in [2.05, 4.69) is 4.72 Å². The summed E-state index contributed by atoms with van der Waals surface area (Å²) >= 11 is 6.34. The second-order valence-electron chi connectivity index (χ2n) is 5.56. The summed E-state index contributed by atoms with van der Waals surface area (Å²) in [6.45, 7) is 0. The first-order valence-electron chi connectivity index (χ1n) is 6.80. The van der Waals surface area contributed by atoms with Crippen LogP contribution in [0.2, 0.25) is 0 Å². The van der Waals surface area contributed by atoms with Crippen molar-refractivity contribution < 1.29 is 8.42 Å². The molecule has 104 valence electrons. The van der Waals surface area contributed by atoms with Gasteiger partial charge in [0.15, 0.2) is 0 Å². The van der Waals surface area contributed by atoms with Gasteiger partial charge in [-0.15, -0.1) is 11.6 Å². The van der Waals surface area contributed by atoms with E-state index in [4.69, 9.17) is 11.6 Å². The lowest BCUT2D eigenvalue weighted by Gasteiger charge is -2.13. The molecule has 5 heteroatoms. The van der Waals surface area contributed by atoms with Crippen molar-refractivity contribution in [3.8, 4) is 0 Å². The molecule has 1 aromatic rings. The van der Waals surface area contributed by atoms with Gasteiger partial charge in [-0.05, 0) is 49.7 Å². The van der Waals surface area contributed by atoms with E-state index in [0.717, 1.165) is 18.4 Å². The van der Waals surface area contributed by atoms with Crippen molar-refractivity contribution in [1.82, 2.24) is 4.72 Å². The normalized spacial score (nSPS) is 21.3. The first-order valence-corrected chi connectivity index (χ1v) is 8.72. The second kappa shape index (κ2) is 5.08. The molecule has 2 aliphatic rings. The molecule has 3 nitrogen and oxygen atoms in total. The van der Waals surface area contributed by atoms with Gasteiger partial charge in [0.25, 0.3) is 0 Å². The van der Waals surface area contributed by atoms with E-state index in [0.29, 0.717) is 17.2 Å². The van der Waals surface area contributed by atoms with E-state index in [1.54, 1.807) is 12.1 Å². The van der Waals surface area contributed by atoms with Crippen LogP contribution < -0.4 is 4.72 Å². The zero-order valence-corrected chi connectivity index (χ0v) is 12.3. The lowest BCUT2D eigenvalue weighted by atomic mass is 10.1. The van der Waals surface area contributed by atoms with Crippen LogP contribution in [-0.2, 0) is 16.4 Å². The van der Waals surface area contributed by atoms with Gasteiger partial charge in [0.05, 0.1) is 4.90 Å². The Labute approximate surface area is 119 Å². The molecule has 0 aromatic heterocycles. The highest BCUT2D eigenvalue weighted by molar-refractivity contribution is 7.89. The van der Waals surface area contributed by atoms with Crippen molar-refractivity contribution in [3.63, 3.8) is 0 Å². The monoisotopic (exact) mass is 299 g/mol. The molecule has 0 saturated heterocycles. The lowest BCUT2D eigenvalue weighted by molar-refractivity contribution is 0.579. The van der Waals surface area contributed by atoms with Crippen LogP contribution in [0.5, 0.6) is 0 Å². The minimum Gasteiger partial charge on any atom is -0.208 e. The van der Waals surface area contributed by atoms with Crippen LogP contribution in [0.1, 0.15) is 31.2 Å². The predicted molar refractivity (Wildman–Crippen MR) is 75.9 cm³/mol. The lowest BCUT2D eigenvalue weighted by Crippen LogP contribution is -2.27. The summed E-state index contributed by atoms with van der Waals surface area (Å²) < 4.78 is 27.4. The molecule has 19 heavy (non-hydrogen) atoms. The fraction of sp³-hybridized carbons (Fsp3) is 0.571. The Morgan fingerprint density at radius 2 is 1.89 bits per heavy atom. The standard InChI is InChI=1S/C14H18ClNO2S/c15-13(10-5-6-10)9-11-3-1-2-4-14(11)19(17,18)16-12-7-8-12/h1-4,10,12-13,16H,5-9H2. The summed E-state index contributed by atoms with van der Waals surface area (Å²) in [4.78, 5) is 0.396. The van der Waals surface area contributed by atoms with Gasteiger partial charge in [0.1, 0.15) is 0 Å². The second-order valence-corrected chi connectivity index (χ2v) is 7.80. The quantitative estimate of drug-likeness (QED) is 0.821. The number of hydrogen-bond acceptors (Lipinski definition) is 2. The van der Waals surface area contributed by atoms with Crippen LogP contribution in [-0.4, -0.2) is 19.8 Å². The van der Waals surface area contributed by atoms with Crippen molar-refractivity contribution in [2.75, 3.05) is 0 Å². The molecular weight excluding hydrogens is 282 g/mol. The van der Waals surface area contributed by atoms with Crippen LogP contribution in [0.3, 0.4) is 0 Å². The fourth-order valence-electron chi connectivity index (χ4n) is 2.25. The van der Waals surface area contributed by atoms with E-state index in [1.807, 2.05) is 12.1 Å². The minimum atomic E-state index is -3.39. The van der Waals surface area contributed by atoms with Gasteiger partial charge in [-0.1, -0.05) is 18.2 Å². The van der Waals surface area contributed by atoms with Gasteiger partial charge in [-0.2, -0.15) is 0 Å². The fourth-order valence-corrected chi connectivity index (χ4v) is 4.23. The molecular formula is C14H18ClNO2S. The number of nitrogens with one attached hydrogen (secondary N) is 1. The smallest absolute Gasteiger partial charge is 0.208 e. The minimum absolute atomic E-state index is 0.0530. The SMILES string of the molecule is O=S(=O)(NC1CC1)c1ccccc1CC(Cl)C1CC1. The van der Waals surface area contributed by atoms with Gasteiger partial charge in [0.2, 0.25) is 10.0 Å². The van der Waals surface area contributed by atoms with Gasteiger partial charge >= 0.3 is 0 Å². The van der Waals surface area contributed by atoms with E-state index in [1.165, 1.54) is 12.8 Å². The van der Waals surface area contributed by atoms with E-state index in [-0.39, 0.29) is 11.4 Å². The molecule has 2 aliphatic carbocycles. The van der Waals surface area contributed by atoms with Crippen LogP contribution in [0.25, 0.3) is 0 Å². The number of alkyl halides is 1. The Hall–Kier alpha value is -0.580. The molecule has 2 saturated carbocycles. The highest BCUT2D eigenvalue weighted by Crippen LogP contribution is 2.38. The number of benzene rings is 1. The Morgan fingerprint density at radius 1 is 1.21 bits per heavy atom. The van der Waals surface area contributed by atoms with Crippen molar-refractivity contribution in [3.05, 3.63) is 29.8 Å². The molecule has 2 fully saturated rings. The van der Waals surface area contributed by atoms with Gasteiger partial charge in [0, 0.05) is 11.4 Å². The van der Waals surface area contributed by atoms with E-state index < -0.39 is 10.0 Å². The zero-order valence-electron chi connectivity index (χ0n) is 10.7. The largest absolute Gasteiger partial charge is 0.241 e. The average Bonchev–Trinajstić information content (AvgIpc) is 3.23. The third-order valence-corrected chi connectivity index (χ3v) is 5.84. The number of rotatable bonds is 6. The molecule has 0 aliphatic heterocycles. The number of hydrogen-bond donors (Lipinski definition) is 1. The molecule has 0 heterocycles. The first kappa shape index (κ1) is 13.4. The molecule has 0 amide bonds. The maximum atomic E-state index is 12.3. The predicted octanol–water partition coefficient (Wildman–Crippen LogP) is 2.69. The van der Waals surface area contributed by atoms with Gasteiger partial charge in [-0.3, -0.25) is 0 Å². The van der Waals surface area contributed by atoms with Crippen LogP contribution in [0.15, 0.2) is 29.2 Å². The van der Waals surface area contributed by atoms with Gasteiger partial charge in [-0.25, -0.2) is 13.1 Å². The third-order valence-electron chi connectivity index (χ3n) is 3.71. The third kappa shape index (κ3) is 3.30. The van der Waals surface area contributed by atoms with E-state index >= 15 is 0 Å². The summed E-state index contributed by atoms with van der Waals surface area (Å²) in [5.74, 6) is 0.564. The maximum absolute atomic E-state index is 12.3. The van der Waals surface area contributed by atoms with Crippen molar-refractivity contribution in [1.29, 1.82) is 0 Å². The summed E-state index contributed by atoms with van der Waals surface area (Å²) in [5.41, 5.74) is 0.836. The Bertz CT molecular complexity index is 565. The number of halogens is 1. The number of sulfonamides is 1. The van der Waals surface area contributed by atoms with Crippen LogP contribution in [0.4, 0.5) is 0 Å².